The average molecular weight is 233 g/mol. The lowest BCUT2D eigenvalue weighted by atomic mass is 10.1. The molecule has 1 rings (SSSR count). The van der Waals surface area contributed by atoms with E-state index in [9.17, 15) is 9.59 Å². The van der Waals surface area contributed by atoms with Crippen molar-refractivity contribution in [2.45, 2.75) is 13.5 Å². The molecule has 1 aromatic rings. The molecule has 0 unspecified atom stereocenters. The Balaban J connectivity index is 2.79. The van der Waals surface area contributed by atoms with Crippen molar-refractivity contribution in [2.75, 3.05) is 7.05 Å². The molecule has 90 valence electrons. The van der Waals surface area contributed by atoms with Crippen LogP contribution in [0.3, 0.4) is 0 Å². The smallest absolute Gasteiger partial charge is 0.328 e. The van der Waals surface area contributed by atoms with Gasteiger partial charge in [0.2, 0.25) is 5.91 Å². The van der Waals surface area contributed by atoms with Crippen LogP contribution < -0.4 is 0 Å². The fourth-order valence-electron chi connectivity index (χ4n) is 1.35. The average Bonchev–Trinajstić information content (AvgIpc) is 2.26. The normalized spacial score (nSPS) is 10.5. The van der Waals surface area contributed by atoms with Gasteiger partial charge in [0.15, 0.2) is 0 Å². The van der Waals surface area contributed by atoms with Crippen molar-refractivity contribution in [2.24, 2.45) is 0 Å². The minimum Gasteiger partial charge on any atom is -0.478 e. The maximum absolute atomic E-state index is 11.1. The van der Waals surface area contributed by atoms with Crippen LogP contribution in [0.1, 0.15) is 18.1 Å². The minimum absolute atomic E-state index is 0.00326. The molecule has 0 saturated carbocycles. The molecule has 0 saturated heterocycles. The predicted octanol–water partition coefficient (Wildman–Crippen LogP) is 1.76. The van der Waals surface area contributed by atoms with Crippen LogP contribution in [0.15, 0.2) is 30.3 Å². The highest BCUT2D eigenvalue weighted by atomic mass is 16.4. The molecule has 0 fully saturated rings. The number of carbonyl (C=O) groups excluding carboxylic acids is 1. The number of benzene rings is 1. The van der Waals surface area contributed by atoms with Crippen LogP contribution in [0, 0.1) is 0 Å². The van der Waals surface area contributed by atoms with Crippen LogP contribution in [0.25, 0.3) is 6.08 Å². The number of carboxylic acids is 1. The summed E-state index contributed by atoms with van der Waals surface area (Å²) >= 11 is 0. The Morgan fingerprint density at radius 1 is 1.41 bits per heavy atom. The molecule has 1 aromatic carbocycles. The Kier molecular flexibility index (Phi) is 4.46. The summed E-state index contributed by atoms with van der Waals surface area (Å²) in [7, 11) is 1.72. The maximum atomic E-state index is 11.1. The van der Waals surface area contributed by atoms with Gasteiger partial charge in [0.25, 0.3) is 0 Å². The van der Waals surface area contributed by atoms with E-state index in [-0.39, 0.29) is 5.91 Å². The van der Waals surface area contributed by atoms with Crippen molar-refractivity contribution in [1.29, 1.82) is 0 Å². The second kappa shape index (κ2) is 5.84. The van der Waals surface area contributed by atoms with Gasteiger partial charge in [-0.25, -0.2) is 4.79 Å². The number of hydrogen-bond donors (Lipinski definition) is 1. The van der Waals surface area contributed by atoms with Crippen LogP contribution in [0.4, 0.5) is 0 Å². The molecule has 4 heteroatoms. The van der Waals surface area contributed by atoms with E-state index in [1.165, 1.54) is 13.0 Å². The van der Waals surface area contributed by atoms with Gasteiger partial charge in [-0.1, -0.05) is 18.2 Å². The fourth-order valence-corrected chi connectivity index (χ4v) is 1.35. The number of aliphatic carboxylic acids is 1. The molecule has 17 heavy (non-hydrogen) atoms. The number of hydrogen-bond acceptors (Lipinski definition) is 2. The summed E-state index contributed by atoms with van der Waals surface area (Å²) in [6.45, 7) is 2.03. The molecule has 1 amide bonds. The van der Waals surface area contributed by atoms with Crippen molar-refractivity contribution < 1.29 is 14.7 Å². The van der Waals surface area contributed by atoms with Crippen LogP contribution in [0.2, 0.25) is 0 Å². The molecular weight excluding hydrogens is 218 g/mol. The first-order valence-electron chi connectivity index (χ1n) is 5.20. The Labute approximate surface area is 100 Å². The lowest BCUT2D eigenvalue weighted by molar-refractivity contribution is -0.131. The predicted molar refractivity (Wildman–Crippen MR) is 65.3 cm³/mol. The van der Waals surface area contributed by atoms with Gasteiger partial charge in [-0.15, -0.1) is 0 Å². The summed E-state index contributed by atoms with van der Waals surface area (Å²) in [4.78, 5) is 23.1. The molecule has 0 atom stereocenters. The summed E-state index contributed by atoms with van der Waals surface area (Å²) < 4.78 is 0. The molecule has 0 bridgehead atoms. The topological polar surface area (TPSA) is 57.6 Å². The monoisotopic (exact) mass is 233 g/mol. The first-order chi connectivity index (χ1) is 7.99. The fraction of sp³-hybridized carbons (Fsp3) is 0.231. The van der Waals surface area contributed by atoms with Crippen molar-refractivity contribution in [3.8, 4) is 0 Å². The molecular formula is C13H15NO3. The molecule has 0 aliphatic rings. The lowest BCUT2D eigenvalue weighted by Gasteiger charge is -2.14. The van der Waals surface area contributed by atoms with Crippen molar-refractivity contribution in [3.05, 3.63) is 41.5 Å². The summed E-state index contributed by atoms with van der Waals surface area (Å²) in [5.41, 5.74) is 1.78. The van der Waals surface area contributed by atoms with Crippen molar-refractivity contribution in [1.82, 2.24) is 4.90 Å². The largest absolute Gasteiger partial charge is 0.478 e. The van der Waals surface area contributed by atoms with E-state index in [1.807, 2.05) is 24.3 Å². The highest BCUT2D eigenvalue weighted by Crippen LogP contribution is 2.09. The molecule has 4 nitrogen and oxygen atoms in total. The SMILES string of the molecule is CC(=O)N(C)Cc1cccc(C=CC(=O)O)c1. The van der Waals surface area contributed by atoms with Crippen LogP contribution in [-0.2, 0) is 16.1 Å². The molecule has 0 spiro atoms. The zero-order valence-corrected chi connectivity index (χ0v) is 9.88. The van der Waals surface area contributed by atoms with Gasteiger partial charge in [0.1, 0.15) is 0 Å². The summed E-state index contributed by atoms with van der Waals surface area (Å²) in [6.07, 6.45) is 2.62. The van der Waals surface area contributed by atoms with E-state index in [4.69, 9.17) is 5.11 Å². The van der Waals surface area contributed by atoms with E-state index < -0.39 is 5.97 Å². The van der Waals surface area contributed by atoms with Crippen LogP contribution >= 0.6 is 0 Å². The molecule has 0 aliphatic carbocycles. The van der Waals surface area contributed by atoms with E-state index >= 15 is 0 Å². The highest BCUT2D eigenvalue weighted by Gasteiger charge is 2.03. The van der Waals surface area contributed by atoms with Crippen LogP contribution in [0.5, 0.6) is 0 Å². The summed E-state index contributed by atoms with van der Waals surface area (Å²) in [5, 5.41) is 8.52. The number of rotatable bonds is 4. The zero-order chi connectivity index (χ0) is 12.8. The third-order valence-corrected chi connectivity index (χ3v) is 2.33. The van der Waals surface area contributed by atoms with Gasteiger partial charge >= 0.3 is 5.97 Å². The number of carbonyl (C=O) groups is 2. The number of amides is 1. The maximum Gasteiger partial charge on any atom is 0.328 e. The first kappa shape index (κ1) is 13.0. The van der Waals surface area contributed by atoms with Crippen LogP contribution in [-0.4, -0.2) is 28.9 Å². The summed E-state index contributed by atoms with van der Waals surface area (Å²) in [6, 6.07) is 7.41. The third-order valence-electron chi connectivity index (χ3n) is 2.33. The van der Waals surface area contributed by atoms with Gasteiger partial charge in [-0.3, -0.25) is 4.79 Å². The van der Waals surface area contributed by atoms with Gasteiger partial charge < -0.3 is 10.0 Å². The minimum atomic E-state index is -0.976. The highest BCUT2D eigenvalue weighted by molar-refractivity contribution is 5.85. The second-order valence-electron chi connectivity index (χ2n) is 3.79. The van der Waals surface area contributed by atoms with E-state index in [2.05, 4.69) is 0 Å². The van der Waals surface area contributed by atoms with Gasteiger partial charge in [0.05, 0.1) is 0 Å². The molecule has 0 radical (unpaired) electrons. The third kappa shape index (κ3) is 4.51. The molecule has 1 N–H and O–H groups in total. The number of carboxylic acid groups (broad SMARTS) is 1. The molecule has 0 aliphatic heterocycles. The lowest BCUT2D eigenvalue weighted by Crippen LogP contribution is -2.22. The van der Waals surface area contributed by atoms with Crippen molar-refractivity contribution in [3.63, 3.8) is 0 Å². The van der Waals surface area contributed by atoms with E-state index in [0.29, 0.717) is 6.54 Å². The molecule has 0 heterocycles. The van der Waals surface area contributed by atoms with E-state index in [0.717, 1.165) is 17.2 Å². The standard InChI is InChI=1S/C13H15NO3/c1-10(15)14(2)9-12-5-3-4-11(8-12)6-7-13(16)17/h3-8H,9H2,1-2H3,(H,16,17). The Hall–Kier alpha value is -2.10. The van der Waals surface area contributed by atoms with Gasteiger partial charge in [-0.05, 0) is 23.3 Å². The van der Waals surface area contributed by atoms with Crippen molar-refractivity contribution >= 4 is 18.0 Å². The Morgan fingerprint density at radius 2 is 2.12 bits per heavy atom. The summed E-state index contributed by atoms with van der Waals surface area (Å²) in [5.74, 6) is -0.979. The zero-order valence-electron chi connectivity index (χ0n) is 9.88. The van der Waals surface area contributed by atoms with Gasteiger partial charge in [0, 0.05) is 26.6 Å². The Morgan fingerprint density at radius 3 is 2.71 bits per heavy atom. The van der Waals surface area contributed by atoms with Gasteiger partial charge in [-0.2, -0.15) is 0 Å². The number of nitrogens with zero attached hydrogens (tertiary/aromatic N) is 1. The Bertz CT molecular complexity index is 452. The quantitative estimate of drug-likeness (QED) is 0.806. The van der Waals surface area contributed by atoms with E-state index in [1.54, 1.807) is 11.9 Å². The molecule has 0 aromatic heterocycles. The first-order valence-corrected chi connectivity index (χ1v) is 5.20. The second-order valence-corrected chi connectivity index (χ2v) is 3.79.